The van der Waals surface area contributed by atoms with Crippen molar-refractivity contribution in [1.82, 2.24) is 0 Å². The fourth-order valence-corrected chi connectivity index (χ4v) is 7.48. The van der Waals surface area contributed by atoms with E-state index < -0.39 is 24.4 Å². The summed E-state index contributed by atoms with van der Waals surface area (Å²) >= 11 is 5.47. The van der Waals surface area contributed by atoms with Crippen LogP contribution in [0.2, 0.25) is 0 Å². The highest BCUT2D eigenvalue weighted by molar-refractivity contribution is 8.13. The molecule has 0 unspecified atom stereocenters. The number of benzene rings is 4. The van der Waals surface area contributed by atoms with Crippen LogP contribution in [0.4, 0.5) is 11.4 Å². The van der Waals surface area contributed by atoms with Crippen molar-refractivity contribution in [3.63, 3.8) is 0 Å². The largest absolute Gasteiger partial charge is 0.480 e. The lowest BCUT2D eigenvalue weighted by Crippen LogP contribution is -2.40. The molecule has 0 aromatic heterocycles. The number of carbonyl (C=O) groups excluding carboxylic acids is 3. The van der Waals surface area contributed by atoms with Crippen molar-refractivity contribution >= 4 is 64.6 Å². The third-order valence-electron chi connectivity index (χ3n) is 9.38. The van der Waals surface area contributed by atoms with Gasteiger partial charge in [-0.25, -0.2) is 0 Å². The zero-order chi connectivity index (χ0) is 41.3. The maximum atomic E-state index is 13.2. The van der Waals surface area contributed by atoms with E-state index in [0.717, 1.165) is 69.5 Å². The molecular formula is C46H56N2O7S2. The van der Waals surface area contributed by atoms with Gasteiger partial charge in [0.15, 0.2) is 5.12 Å². The van der Waals surface area contributed by atoms with Crippen molar-refractivity contribution in [3.8, 4) is 0 Å². The number of carbonyl (C=O) groups is 5. The molecule has 0 aliphatic carbocycles. The standard InChI is InChI=1S/C24H29NO4S.C22H27NO3S/c1-19(26)30-18-21(14-8-3-7-13-20-11-5-2-6-12-20)24(29)25(17-23(27)28)22-15-9-4-10-16-22;24-21(25)16-23(20-14-8-3-9-15-20)22(26)19(17-27)13-7-2-6-12-18-10-4-1-5-11-18/h2,4-6,9-12,15-16,21H,3,7-8,13-14,17-18H2,1H3,(H,27,28);1,3-5,8-11,14-15,19,27H,2,6-7,12-13,16-17H2,(H,24,25)/t21-;19-/m00/s1. The van der Waals surface area contributed by atoms with Crippen molar-refractivity contribution in [2.24, 2.45) is 11.8 Å². The Morgan fingerprint density at radius 1 is 0.544 bits per heavy atom. The van der Waals surface area contributed by atoms with Crippen LogP contribution in [-0.2, 0) is 36.8 Å². The average Bonchev–Trinajstić information content (AvgIpc) is 3.22. The van der Waals surface area contributed by atoms with Crippen molar-refractivity contribution in [2.75, 3.05) is 34.4 Å². The molecule has 0 spiro atoms. The number of unbranched alkanes of at least 4 members (excludes halogenated alkanes) is 4. The minimum Gasteiger partial charge on any atom is -0.480 e. The first-order valence-corrected chi connectivity index (χ1v) is 21.2. The molecule has 4 aromatic rings. The highest BCUT2D eigenvalue weighted by Crippen LogP contribution is 2.24. The number of hydrogen-bond acceptors (Lipinski definition) is 7. The summed E-state index contributed by atoms with van der Waals surface area (Å²) in [5.74, 6) is -2.36. The lowest BCUT2D eigenvalue weighted by atomic mass is 9.99. The van der Waals surface area contributed by atoms with E-state index in [0.29, 0.717) is 29.3 Å². The smallest absolute Gasteiger partial charge is 0.323 e. The fraction of sp³-hybridized carbons (Fsp3) is 0.370. The molecule has 11 heteroatoms. The fourth-order valence-electron chi connectivity index (χ4n) is 6.39. The molecule has 0 radical (unpaired) electrons. The Bertz CT molecular complexity index is 1780. The highest BCUT2D eigenvalue weighted by Gasteiger charge is 2.28. The van der Waals surface area contributed by atoms with Crippen LogP contribution < -0.4 is 9.80 Å². The molecule has 0 heterocycles. The van der Waals surface area contributed by atoms with Gasteiger partial charge in [0.25, 0.3) is 0 Å². The minimum absolute atomic E-state index is 0.0404. The Hall–Kier alpha value is -4.87. The van der Waals surface area contributed by atoms with Gasteiger partial charge in [-0.2, -0.15) is 12.6 Å². The normalized spacial score (nSPS) is 11.7. The summed E-state index contributed by atoms with van der Waals surface area (Å²) in [6.45, 7) is 0.761. The molecule has 57 heavy (non-hydrogen) atoms. The van der Waals surface area contributed by atoms with E-state index in [4.69, 9.17) is 0 Å². The van der Waals surface area contributed by atoms with Gasteiger partial charge >= 0.3 is 11.9 Å². The van der Waals surface area contributed by atoms with Crippen LogP contribution >= 0.6 is 24.4 Å². The monoisotopic (exact) mass is 812 g/mol. The Morgan fingerprint density at radius 2 is 0.912 bits per heavy atom. The molecule has 0 saturated carbocycles. The van der Waals surface area contributed by atoms with E-state index in [1.165, 1.54) is 27.9 Å². The first-order chi connectivity index (χ1) is 27.6. The van der Waals surface area contributed by atoms with E-state index in [1.807, 2.05) is 48.5 Å². The molecule has 2 N–H and O–H groups in total. The van der Waals surface area contributed by atoms with E-state index in [1.54, 1.807) is 48.5 Å². The summed E-state index contributed by atoms with van der Waals surface area (Å²) in [7, 11) is 0. The second-order valence-corrected chi connectivity index (χ2v) is 15.4. The second-order valence-electron chi connectivity index (χ2n) is 13.9. The molecule has 0 aliphatic heterocycles. The van der Waals surface area contributed by atoms with E-state index in [-0.39, 0.29) is 29.4 Å². The third-order valence-corrected chi connectivity index (χ3v) is 10.8. The minimum atomic E-state index is -1.06. The van der Waals surface area contributed by atoms with Crippen LogP contribution in [0.15, 0.2) is 121 Å². The predicted molar refractivity (Wildman–Crippen MR) is 234 cm³/mol. The highest BCUT2D eigenvalue weighted by atomic mass is 32.2. The van der Waals surface area contributed by atoms with Gasteiger partial charge in [0.05, 0.1) is 0 Å². The summed E-state index contributed by atoms with van der Waals surface area (Å²) in [6.07, 6.45) is 9.31. The van der Waals surface area contributed by atoms with Crippen LogP contribution in [-0.4, -0.2) is 63.7 Å². The van der Waals surface area contributed by atoms with Gasteiger partial charge < -0.3 is 20.0 Å². The van der Waals surface area contributed by atoms with Gasteiger partial charge in [0, 0.05) is 41.6 Å². The summed E-state index contributed by atoms with van der Waals surface area (Å²) in [5.41, 5.74) is 3.80. The van der Waals surface area contributed by atoms with E-state index in [9.17, 15) is 34.2 Å². The molecule has 0 saturated heterocycles. The van der Waals surface area contributed by atoms with Crippen LogP contribution in [0.25, 0.3) is 0 Å². The number of aryl methyl sites for hydroxylation is 2. The molecule has 304 valence electrons. The predicted octanol–water partition coefficient (Wildman–Crippen LogP) is 9.26. The number of nitrogens with zero attached hydrogens (tertiary/aromatic N) is 2. The summed E-state index contributed by atoms with van der Waals surface area (Å²) in [6, 6.07) is 38.5. The Balaban J connectivity index is 0.000000307. The first kappa shape index (κ1) is 46.5. The van der Waals surface area contributed by atoms with Crippen LogP contribution in [0.1, 0.15) is 69.4 Å². The second kappa shape index (κ2) is 26.9. The number of carboxylic acids is 2. The molecule has 2 atom stereocenters. The molecule has 0 fully saturated rings. The Labute approximate surface area is 347 Å². The van der Waals surface area contributed by atoms with E-state index >= 15 is 0 Å². The maximum Gasteiger partial charge on any atom is 0.323 e. The maximum absolute atomic E-state index is 13.2. The van der Waals surface area contributed by atoms with Gasteiger partial charge in [-0.15, -0.1) is 0 Å². The molecule has 9 nitrogen and oxygen atoms in total. The number of rotatable bonds is 23. The number of thioether (sulfide) groups is 1. The number of carboxylic acid groups (broad SMARTS) is 2. The number of hydrogen-bond donors (Lipinski definition) is 3. The SMILES string of the molecule is CC(=O)SC[C@H](CCCCCc1ccccc1)C(=O)N(CC(=O)O)c1ccccc1.O=C(O)CN(C(=O)[C@H](CS)CCCCCc1ccccc1)c1ccccc1. The Morgan fingerprint density at radius 3 is 1.28 bits per heavy atom. The lowest BCUT2D eigenvalue weighted by Gasteiger charge is -2.26. The van der Waals surface area contributed by atoms with E-state index in [2.05, 4.69) is 36.9 Å². The van der Waals surface area contributed by atoms with Gasteiger partial charge in [0.2, 0.25) is 11.8 Å². The molecular weight excluding hydrogens is 757 g/mol. The average molecular weight is 813 g/mol. The molecule has 2 amide bonds. The molecule has 4 aromatic carbocycles. The number of anilines is 2. The van der Waals surface area contributed by atoms with Crippen molar-refractivity contribution < 1.29 is 34.2 Å². The topological polar surface area (TPSA) is 132 Å². The summed E-state index contributed by atoms with van der Waals surface area (Å²) < 4.78 is 0. The third kappa shape index (κ3) is 18.3. The van der Waals surface area contributed by atoms with Crippen molar-refractivity contribution in [1.29, 1.82) is 0 Å². The number of para-hydroxylation sites is 2. The number of aliphatic carboxylic acids is 2. The zero-order valence-corrected chi connectivity index (χ0v) is 34.5. The molecule has 0 bridgehead atoms. The van der Waals surface area contributed by atoms with Crippen LogP contribution in [0, 0.1) is 11.8 Å². The zero-order valence-electron chi connectivity index (χ0n) is 32.8. The lowest BCUT2D eigenvalue weighted by molar-refractivity contribution is -0.137. The van der Waals surface area contributed by atoms with Gasteiger partial charge in [0.1, 0.15) is 13.1 Å². The summed E-state index contributed by atoms with van der Waals surface area (Å²) in [4.78, 5) is 62.8. The number of amides is 2. The summed E-state index contributed by atoms with van der Waals surface area (Å²) in [5, 5.41) is 18.4. The van der Waals surface area contributed by atoms with Crippen molar-refractivity contribution in [2.45, 2.75) is 71.1 Å². The van der Waals surface area contributed by atoms with Crippen LogP contribution in [0.3, 0.4) is 0 Å². The Kier molecular flexibility index (Phi) is 21.9. The first-order valence-electron chi connectivity index (χ1n) is 19.6. The van der Waals surface area contributed by atoms with Crippen LogP contribution in [0.5, 0.6) is 0 Å². The van der Waals surface area contributed by atoms with Crippen molar-refractivity contribution in [3.05, 3.63) is 132 Å². The molecule has 4 rings (SSSR count). The van der Waals surface area contributed by atoms with Gasteiger partial charge in [-0.3, -0.25) is 24.0 Å². The molecule has 0 aliphatic rings. The quantitative estimate of drug-likeness (QED) is 0.0499. The van der Waals surface area contributed by atoms with Gasteiger partial charge in [-0.1, -0.05) is 135 Å². The van der Waals surface area contributed by atoms with Gasteiger partial charge in [-0.05, 0) is 73.9 Å². The number of thiol groups is 1.